The molecule has 0 unspecified atom stereocenters. The van der Waals surface area contributed by atoms with E-state index in [2.05, 4.69) is 9.16 Å². The van der Waals surface area contributed by atoms with Crippen molar-refractivity contribution >= 4 is 15.9 Å². The fraction of sp³-hybridized carbons (Fsp3) is 0.462. The molecule has 0 atom stereocenters. The van der Waals surface area contributed by atoms with Gasteiger partial charge in [0, 0.05) is 13.2 Å². The number of alkyl halides is 2. The molecule has 1 aromatic carbocycles. The van der Waals surface area contributed by atoms with E-state index in [1.807, 2.05) is 0 Å². The van der Waals surface area contributed by atoms with Gasteiger partial charge in [0.05, 0.1) is 0 Å². The van der Waals surface area contributed by atoms with Gasteiger partial charge >= 0.3 is 11.8 Å². The minimum atomic E-state index is -4.34. The number of hydrogen-bond acceptors (Lipinski definition) is 5. The van der Waals surface area contributed by atoms with Gasteiger partial charge in [0.25, 0.3) is 16.2 Å². The lowest BCUT2D eigenvalue weighted by molar-refractivity contribution is -0.253. The molecule has 6 nitrogen and oxygen atoms in total. The Labute approximate surface area is 142 Å². The van der Waals surface area contributed by atoms with E-state index in [0.29, 0.717) is 6.07 Å². The van der Waals surface area contributed by atoms with Crippen LogP contribution in [-0.2, 0) is 13.9 Å². The van der Waals surface area contributed by atoms with Crippen molar-refractivity contribution in [3.8, 4) is 5.75 Å². The SMILES string of the molecule is CCOC(OCC)O[SiH2]C(F)(F)N(F)C(=O)Oc1cccc(F)c1F. The van der Waals surface area contributed by atoms with Gasteiger partial charge in [0.1, 0.15) is 0 Å². The minimum absolute atomic E-state index is 0.0882. The predicted molar refractivity (Wildman–Crippen MR) is 76.9 cm³/mol. The highest BCUT2D eigenvalue weighted by Crippen LogP contribution is 2.24. The summed E-state index contributed by atoms with van der Waals surface area (Å²) in [7, 11) is -3.05. The first-order chi connectivity index (χ1) is 11.7. The molecular weight excluding hydrogens is 373 g/mol. The average Bonchev–Trinajstić information content (AvgIpc) is 2.56. The lowest BCUT2D eigenvalue weighted by atomic mass is 10.3. The third kappa shape index (κ3) is 6.23. The number of halogens is 5. The van der Waals surface area contributed by atoms with Crippen LogP contribution in [0, 0.1) is 11.6 Å². The molecule has 0 radical (unpaired) electrons. The van der Waals surface area contributed by atoms with E-state index < -0.39 is 50.5 Å². The molecule has 0 aromatic heterocycles. The molecule has 0 heterocycles. The summed E-state index contributed by atoms with van der Waals surface area (Å²) < 4.78 is 85.7. The maximum absolute atomic E-state index is 13.7. The van der Waals surface area contributed by atoms with Crippen molar-refractivity contribution in [3.05, 3.63) is 29.8 Å². The highest BCUT2D eigenvalue weighted by atomic mass is 28.2. The monoisotopic (exact) mass is 389 g/mol. The van der Waals surface area contributed by atoms with Crippen molar-refractivity contribution in [2.45, 2.75) is 26.0 Å². The van der Waals surface area contributed by atoms with Crippen LogP contribution in [0.25, 0.3) is 0 Å². The van der Waals surface area contributed by atoms with Crippen LogP contribution in [0.4, 0.5) is 26.8 Å². The standard InChI is InChI=1S/C13H16F5NO5Si/c1-3-21-12(22-4-2)24-25-13(16,17)19(18)11(20)23-9-7-5-6-8(14)10(9)15/h5-7,12H,3-4,25H2,1-2H3. The molecule has 0 aliphatic carbocycles. The van der Waals surface area contributed by atoms with Crippen molar-refractivity contribution in [3.63, 3.8) is 0 Å². The number of benzene rings is 1. The summed E-state index contributed by atoms with van der Waals surface area (Å²) in [6, 6.07) is 2.43. The van der Waals surface area contributed by atoms with Crippen LogP contribution in [0.2, 0.25) is 0 Å². The van der Waals surface area contributed by atoms with Gasteiger partial charge < -0.3 is 18.6 Å². The first kappa shape index (κ1) is 21.3. The molecule has 0 saturated heterocycles. The molecule has 142 valence electrons. The van der Waals surface area contributed by atoms with Crippen LogP contribution in [0.5, 0.6) is 5.75 Å². The summed E-state index contributed by atoms with van der Waals surface area (Å²) in [5.41, 5.74) is -4.34. The fourth-order valence-corrected chi connectivity index (χ4v) is 2.24. The Morgan fingerprint density at radius 2 is 1.84 bits per heavy atom. The van der Waals surface area contributed by atoms with Gasteiger partial charge in [0.2, 0.25) is 5.82 Å². The first-order valence-electron chi connectivity index (χ1n) is 7.07. The highest BCUT2D eigenvalue weighted by Gasteiger charge is 2.45. The molecular formula is C13H16F5NO5Si. The Morgan fingerprint density at radius 3 is 2.40 bits per heavy atom. The zero-order valence-electron chi connectivity index (χ0n) is 13.3. The molecule has 0 saturated carbocycles. The molecule has 1 rings (SSSR count). The summed E-state index contributed by atoms with van der Waals surface area (Å²) in [5.74, 6) is -4.04. The van der Waals surface area contributed by atoms with Crippen LogP contribution in [0.15, 0.2) is 18.2 Å². The number of ether oxygens (including phenoxy) is 3. The molecule has 0 fully saturated rings. The van der Waals surface area contributed by atoms with Crippen molar-refractivity contribution in [2.75, 3.05) is 13.2 Å². The van der Waals surface area contributed by atoms with Crippen molar-refractivity contribution < 1.29 is 45.5 Å². The van der Waals surface area contributed by atoms with E-state index in [9.17, 15) is 26.8 Å². The smallest absolute Gasteiger partial charge is 0.405 e. The van der Waals surface area contributed by atoms with E-state index in [1.54, 1.807) is 13.8 Å². The van der Waals surface area contributed by atoms with Crippen molar-refractivity contribution in [1.29, 1.82) is 0 Å². The molecule has 25 heavy (non-hydrogen) atoms. The third-order valence-electron chi connectivity index (χ3n) is 2.56. The lowest BCUT2D eigenvalue weighted by Gasteiger charge is -2.24. The first-order valence-corrected chi connectivity index (χ1v) is 8.35. The summed E-state index contributed by atoms with van der Waals surface area (Å²) in [5, 5.41) is -1.54. The number of hydrogen-bond donors (Lipinski definition) is 0. The topological polar surface area (TPSA) is 57.2 Å². The summed E-state index contributed by atoms with van der Waals surface area (Å²) >= 11 is 0. The maximum Gasteiger partial charge on any atom is 0.448 e. The van der Waals surface area contributed by atoms with Gasteiger partial charge in [0.15, 0.2) is 11.6 Å². The Kier molecular flexibility index (Phi) is 8.21. The summed E-state index contributed by atoms with van der Waals surface area (Å²) in [4.78, 5) is 11.4. The van der Waals surface area contributed by atoms with Crippen LogP contribution >= 0.6 is 0 Å². The highest BCUT2D eigenvalue weighted by molar-refractivity contribution is 6.31. The van der Waals surface area contributed by atoms with E-state index in [4.69, 9.17) is 9.47 Å². The van der Waals surface area contributed by atoms with E-state index in [1.165, 1.54) is 0 Å². The summed E-state index contributed by atoms with van der Waals surface area (Å²) in [6.45, 7) is 1.86. The van der Waals surface area contributed by atoms with Gasteiger partial charge in [-0.3, -0.25) is 0 Å². The number of amides is 1. The van der Waals surface area contributed by atoms with Gasteiger partial charge in [-0.05, 0) is 26.0 Å². The summed E-state index contributed by atoms with van der Waals surface area (Å²) in [6.07, 6.45) is -2.23. The molecule has 0 bridgehead atoms. The molecule has 0 spiro atoms. The van der Waals surface area contributed by atoms with Crippen molar-refractivity contribution in [1.82, 2.24) is 5.12 Å². The molecule has 0 N–H and O–H groups in total. The van der Waals surface area contributed by atoms with Crippen LogP contribution in [-0.4, -0.2) is 46.3 Å². The maximum atomic E-state index is 13.7. The van der Waals surface area contributed by atoms with E-state index in [0.717, 1.165) is 12.1 Å². The number of nitrogens with zero attached hydrogens (tertiary/aromatic N) is 1. The predicted octanol–water partition coefficient (Wildman–Crippen LogP) is 2.66. The molecule has 0 aliphatic heterocycles. The zero-order chi connectivity index (χ0) is 19.0. The van der Waals surface area contributed by atoms with Gasteiger partial charge in [-0.25, -0.2) is 9.18 Å². The minimum Gasteiger partial charge on any atom is -0.405 e. The average molecular weight is 389 g/mol. The Balaban J connectivity index is 2.70. The number of rotatable bonds is 9. The Morgan fingerprint density at radius 1 is 1.24 bits per heavy atom. The molecule has 0 aliphatic rings. The quantitative estimate of drug-likeness (QED) is 0.214. The van der Waals surface area contributed by atoms with Gasteiger partial charge in [-0.15, -0.1) is 0 Å². The number of carbonyl (C=O) groups excluding carboxylic acids is 1. The van der Waals surface area contributed by atoms with Crippen molar-refractivity contribution in [2.24, 2.45) is 0 Å². The Hall–Kier alpha value is -1.76. The van der Waals surface area contributed by atoms with Crippen LogP contribution < -0.4 is 4.74 Å². The van der Waals surface area contributed by atoms with E-state index in [-0.39, 0.29) is 13.2 Å². The van der Waals surface area contributed by atoms with E-state index >= 15 is 0 Å². The second kappa shape index (κ2) is 9.65. The lowest BCUT2D eigenvalue weighted by Crippen LogP contribution is -2.48. The van der Waals surface area contributed by atoms with Gasteiger partial charge in [-0.2, -0.15) is 13.2 Å². The normalized spacial score (nSPS) is 12.2. The Bertz CT molecular complexity index is 574. The molecule has 1 amide bonds. The number of carbonyl (C=O) groups is 1. The third-order valence-corrected chi connectivity index (χ3v) is 3.62. The van der Waals surface area contributed by atoms with Crippen LogP contribution in [0.1, 0.15) is 13.8 Å². The largest absolute Gasteiger partial charge is 0.448 e. The van der Waals surface area contributed by atoms with Crippen LogP contribution in [0.3, 0.4) is 0 Å². The molecule has 1 aromatic rings. The second-order valence-corrected chi connectivity index (χ2v) is 5.85. The molecule has 12 heteroatoms. The zero-order valence-corrected chi connectivity index (χ0v) is 14.7. The second-order valence-electron chi connectivity index (χ2n) is 4.38. The fourth-order valence-electron chi connectivity index (χ4n) is 1.47. The van der Waals surface area contributed by atoms with Gasteiger partial charge in [-0.1, -0.05) is 15.7 Å².